The smallest absolute Gasteiger partial charge is 0.133 e. The van der Waals surface area contributed by atoms with Gasteiger partial charge in [-0.3, -0.25) is 4.79 Å². The summed E-state index contributed by atoms with van der Waals surface area (Å²) < 4.78 is 1.09. The number of carbonyl (C=O) groups excluding carboxylic acids is 1. The predicted molar refractivity (Wildman–Crippen MR) is 55.7 cm³/mol. The molecule has 68 valence electrons. The number of carbonyl (C=O) groups is 1. The third-order valence-electron chi connectivity index (χ3n) is 2.61. The van der Waals surface area contributed by atoms with Crippen LogP contribution in [0.25, 0.3) is 0 Å². The number of hydrogen-bond acceptors (Lipinski definition) is 1. The molecule has 1 aromatic carbocycles. The van der Waals surface area contributed by atoms with Crippen molar-refractivity contribution < 1.29 is 4.79 Å². The maximum Gasteiger partial charge on any atom is 0.133 e. The summed E-state index contributed by atoms with van der Waals surface area (Å²) in [7, 11) is 0. The van der Waals surface area contributed by atoms with Crippen molar-refractivity contribution in [3.8, 4) is 0 Å². The van der Waals surface area contributed by atoms with Gasteiger partial charge in [0.15, 0.2) is 0 Å². The maximum atomic E-state index is 11.0. The molecule has 2 unspecified atom stereocenters. The largest absolute Gasteiger partial charge is 0.300 e. The van der Waals surface area contributed by atoms with Crippen LogP contribution >= 0.6 is 15.9 Å². The Morgan fingerprint density at radius 2 is 2.00 bits per heavy atom. The summed E-state index contributed by atoms with van der Waals surface area (Å²) in [4.78, 5) is 11.0. The van der Waals surface area contributed by atoms with Crippen molar-refractivity contribution in [2.45, 2.75) is 19.3 Å². The molecule has 1 saturated carbocycles. The fraction of sp³-hybridized carbons (Fsp3) is 0.364. The normalized spacial score (nSPS) is 25.7. The minimum atomic E-state index is 0.293. The zero-order valence-electron chi connectivity index (χ0n) is 7.46. The van der Waals surface area contributed by atoms with Crippen LogP contribution < -0.4 is 0 Å². The molecule has 2 atom stereocenters. The molecule has 1 aliphatic carbocycles. The molecule has 0 heterocycles. The molecule has 0 aliphatic heterocycles. The summed E-state index contributed by atoms with van der Waals surface area (Å²) in [6.07, 6.45) is 1.04. The summed E-state index contributed by atoms with van der Waals surface area (Å²) in [5.41, 5.74) is 1.29. The highest BCUT2D eigenvalue weighted by Gasteiger charge is 2.41. The van der Waals surface area contributed by atoms with E-state index in [9.17, 15) is 4.79 Å². The van der Waals surface area contributed by atoms with Crippen LogP contribution in [0.5, 0.6) is 0 Å². The number of rotatable bonds is 2. The lowest BCUT2D eigenvalue weighted by Gasteiger charge is -1.98. The van der Waals surface area contributed by atoms with Gasteiger partial charge in [-0.2, -0.15) is 0 Å². The zero-order valence-corrected chi connectivity index (χ0v) is 9.04. The van der Waals surface area contributed by atoms with Gasteiger partial charge in [-0.1, -0.05) is 28.1 Å². The first-order valence-electron chi connectivity index (χ1n) is 4.44. The summed E-state index contributed by atoms with van der Waals surface area (Å²) in [6.45, 7) is 1.68. The Morgan fingerprint density at radius 1 is 1.38 bits per heavy atom. The van der Waals surface area contributed by atoms with Gasteiger partial charge in [0.25, 0.3) is 0 Å². The maximum absolute atomic E-state index is 11.0. The van der Waals surface area contributed by atoms with E-state index < -0.39 is 0 Å². The molecule has 0 bridgehead atoms. The fourth-order valence-electron chi connectivity index (χ4n) is 1.72. The van der Waals surface area contributed by atoms with E-state index in [-0.39, 0.29) is 0 Å². The molecule has 2 rings (SSSR count). The minimum absolute atomic E-state index is 0.293. The van der Waals surface area contributed by atoms with E-state index in [0.29, 0.717) is 17.6 Å². The quantitative estimate of drug-likeness (QED) is 0.774. The van der Waals surface area contributed by atoms with Crippen molar-refractivity contribution >= 4 is 21.7 Å². The number of hydrogen-bond donors (Lipinski definition) is 0. The van der Waals surface area contributed by atoms with Gasteiger partial charge in [0.2, 0.25) is 0 Å². The van der Waals surface area contributed by atoms with Crippen LogP contribution in [0.15, 0.2) is 28.7 Å². The molecule has 0 spiro atoms. The van der Waals surface area contributed by atoms with Gasteiger partial charge >= 0.3 is 0 Å². The summed E-state index contributed by atoms with van der Waals surface area (Å²) in [5, 5.41) is 0. The Morgan fingerprint density at radius 3 is 2.46 bits per heavy atom. The van der Waals surface area contributed by atoms with E-state index in [0.717, 1.165) is 10.9 Å². The topological polar surface area (TPSA) is 17.1 Å². The number of Topliss-reactive ketones (excluding diaryl/α,β-unsaturated/α-hetero) is 1. The highest BCUT2D eigenvalue weighted by molar-refractivity contribution is 9.10. The summed E-state index contributed by atoms with van der Waals surface area (Å²) in [5.74, 6) is 1.11. The van der Waals surface area contributed by atoms with Crippen LogP contribution in [0.3, 0.4) is 0 Å². The van der Waals surface area contributed by atoms with Gasteiger partial charge in [-0.15, -0.1) is 0 Å². The molecule has 13 heavy (non-hydrogen) atoms. The molecule has 0 amide bonds. The first-order valence-corrected chi connectivity index (χ1v) is 5.23. The molecule has 1 aliphatic rings. The monoisotopic (exact) mass is 238 g/mol. The Balaban J connectivity index is 2.12. The van der Waals surface area contributed by atoms with Gasteiger partial charge in [-0.25, -0.2) is 0 Å². The fourth-order valence-corrected chi connectivity index (χ4v) is 1.99. The van der Waals surface area contributed by atoms with Crippen LogP contribution in [0.2, 0.25) is 0 Å². The van der Waals surface area contributed by atoms with E-state index in [2.05, 4.69) is 28.1 Å². The average Bonchev–Trinajstić information content (AvgIpc) is 2.85. The van der Waals surface area contributed by atoms with Crippen molar-refractivity contribution in [1.29, 1.82) is 0 Å². The third-order valence-corrected chi connectivity index (χ3v) is 3.14. The molecule has 1 fully saturated rings. The van der Waals surface area contributed by atoms with Crippen molar-refractivity contribution in [1.82, 2.24) is 0 Å². The highest BCUT2D eigenvalue weighted by Crippen LogP contribution is 2.47. The lowest BCUT2D eigenvalue weighted by molar-refractivity contribution is -0.118. The van der Waals surface area contributed by atoms with Crippen LogP contribution in [-0.2, 0) is 4.79 Å². The second-order valence-corrected chi connectivity index (χ2v) is 4.53. The summed E-state index contributed by atoms with van der Waals surface area (Å²) >= 11 is 3.39. The summed E-state index contributed by atoms with van der Waals surface area (Å²) in [6, 6.07) is 8.26. The lowest BCUT2D eigenvalue weighted by atomic mass is 10.1. The van der Waals surface area contributed by atoms with Crippen LogP contribution in [0.4, 0.5) is 0 Å². The minimum Gasteiger partial charge on any atom is -0.300 e. The molecular formula is C11H11BrO. The van der Waals surface area contributed by atoms with E-state index in [4.69, 9.17) is 0 Å². The van der Waals surface area contributed by atoms with E-state index >= 15 is 0 Å². The van der Waals surface area contributed by atoms with Gasteiger partial charge in [-0.05, 0) is 37.0 Å². The van der Waals surface area contributed by atoms with E-state index in [1.54, 1.807) is 6.92 Å². The molecular weight excluding hydrogens is 228 g/mol. The first kappa shape index (κ1) is 8.95. The average molecular weight is 239 g/mol. The Hall–Kier alpha value is -0.630. The molecule has 0 aromatic heterocycles. The second kappa shape index (κ2) is 3.26. The number of halogens is 1. The van der Waals surface area contributed by atoms with Crippen LogP contribution in [-0.4, -0.2) is 5.78 Å². The van der Waals surface area contributed by atoms with Gasteiger partial charge < -0.3 is 0 Å². The lowest BCUT2D eigenvalue weighted by Crippen LogP contribution is -1.94. The second-order valence-electron chi connectivity index (χ2n) is 3.61. The van der Waals surface area contributed by atoms with E-state index in [1.165, 1.54) is 5.56 Å². The highest BCUT2D eigenvalue weighted by atomic mass is 79.9. The molecule has 0 N–H and O–H groups in total. The van der Waals surface area contributed by atoms with Gasteiger partial charge in [0, 0.05) is 10.4 Å². The standard InChI is InChI=1S/C11H11BrO/c1-7(13)10-6-11(10)8-2-4-9(12)5-3-8/h2-5,10-11H,6H2,1H3. The van der Waals surface area contributed by atoms with Gasteiger partial charge in [0.1, 0.15) is 5.78 Å². The van der Waals surface area contributed by atoms with Crippen LogP contribution in [0, 0.1) is 5.92 Å². The molecule has 0 saturated heterocycles. The Kier molecular flexibility index (Phi) is 2.24. The first-order chi connectivity index (χ1) is 6.18. The molecule has 0 radical (unpaired) electrons. The number of ketones is 1. The SMILES string of the molecule is CC(=O)C1CC1c1ccc(Br)cc1. The van der Waals surface area contributed by atoms with Crippen molar-refractivity contribution in [3.63, 3.8) is 0 Å². The number of benzene rings is 1. The van der Waals surface area contributed by atoms with E-state index in [1.807, 2.05) is 12.1 Å². The Labute approximate surface area is 86.3 Å². The van der Waals surface area contributed by atoms with Crippen molar-refractivity contribution in [3.05, 3.63) is 34.3 Å². The van der Waals surface area contributed by atoms with Crippen molar-refractivity contribution in [2.75, 3.05) is 0 Å². The zero-order chi connectivity index (χ0) is 9.42. The van der Waals surface area contributed by atoms with Crippen molar-refractivity contribution in [2.24, 2.45) is 5.92 Å². The van der Waals surface area contributed by atoms with Crippen LogP contribution in [0.1, 0.15) is 24.8 Å². The van der Waals surface area contributed by atoms with Gasteiger partial charge in [0.05, 0.1) is 0 Å². The Bertz CT molecular complexity index is 328. The molecule has 1 aromatic rings. The third kappa shape index (κ3) is 1.83. The molecule has 2 heteroatoms. The predicted octanol–water partition coefficient (Wildman–Crippen LogP) is 3.14. The molecule has 1 nitrogen and oxygen atoms in total.